The van der Waals surface area contributed by atoms with Gasteiger partial charge in [-0.3, -0.25) is 4.79 Å². The summed E-state index contributed by atoms with van der Waals surface area (Å²) in [6.45, 7) is 2.05. The Morgan fingerprint density at radius 2 is 1.92 bits per heavy atom. The Hall–Kier alpha value is -1.85. The third-order valence-electron chi connectivity index (χ3n) is 5.51. The van der Waals surface area contributed by atoms with Gasteiger partial charge in [0.15, 0.2) is 0 Å². The average molecular weight is 361 g/mol. The monoisotopic (exact) mass is 360 g/mol. The van der Waals surface area contributed by atoms with Crippen molar-refractivity contribution >= 4 is 18.3 Å². The lowest BCUT2D eigenvalue weighted by Crippen LogP contribution is -2.48. The lowest BCUT2D eigenvalue weighted by Gasteiger charge is -2.35. The number of nitrogens with one attached hydrogen (secondary N) is 1. The molecule has 2 saturated heterocycles. The van der Waals surface area contributed by atoms with Crippen LogP contribution >= 0.6 is 12.4 Å². The summed E-state index contributed by atoms with van der Waals surface area (Å²) in [7, 11) is 1.93. The first-order valence-electron chi connectivity index (χ1n) is 8.75. The van der Waals surface area contributed by atoms with E-state index in [1.807, 2.05) is 36.3 Å². The van der Waals surface area contributed by atoms with Crippen molar-refractivity contribution in [1.82, 2.24) is 20.0 Å². The number of nitrogens with zero attached hydrogens (tertiary/aromatic N) is 3. The minimum atomic E-state index is 0. The van der Waals surface area contributed by atoms with Crippen molar-refractivity contribution in [3.8, 4) is 5.69 Å². The van der Waals surface area contributed by atoms with E-state index >= 15 is 0 Å². The molecule has 3 heterocycles. The maximum Gasteiger partial charge on any atom is 0.257 e. The Bertz CT molecular complexity index is 747. The van der Waals surface area contributed by atoms with Gasteiger partial charge in [-0.05, 0) is 44.2 Å². The number of aryl methyl sites for hydroxylation is 1. The summed E-state index contributed by atoms with van der Waals surface area (Å²) in [6.07, 6.45) is 8.13. The van der Waals surface area contributed by atoms with Crippen molar-refractivity contribution in [1.29, 1.82) is 0 Å². The number of hydrogen-bond acceptors (Lipinski definition) is 3. The van der Waals surface area contributed by atoms with Gasteiger partial charge in [0.1, 0.15) is 0 Å². The van der Waals surface area contributed by atoms with Gasteiger partial charge in [-0.2, -0.15) is 5.10 Å². The first kappa shape index (κ1) is 18.0. The molecular formula is C19H25ClN4O. The molecule has 2 bridgehead atoms. The summed E-state index contributed by atoms with van der Waals surface area (Å²) in [5, 5.41) is 8.03. The van der Waals surface area contributed by atoms with Crippen LogP contribution in [-0.4, -0.2) is 45.8 Å². The molecule has 0 radical (unpaired) electrons. The minimum absolute atomic E-state index is 0. The fraction of sp³-hybridized carbons (Fsp3) is 0.474. The second-order valence-electron chi connectivity index (χ2n) is 7.14. The van der Waals surface area contributed by atoms with Crippen LogP contribution in [-0.2, 0) is 0 Å². The first-order valence-corrected chi connectivity index (χ1v) is 8.75. The summed E-state index contributed by atoms with van der Waals surface area (Å²) in [5.41, 5.74) is 2.81. The number of benzene rings is 1. The molecule has 2 aliphatic rings. The molecule has 2 atom stereocenters. The van der Waals surface area contributed by atoms with Gasteiger partial charge in [0.25, 0.3) is 5.91 Å². The van der Waals surface area contributed by atoms with Crippen molar-refractivity contribution in [2.75, 3.05) is 7.05 Å². The lowest BCUT2D eigenvalue weighted by molar-refractivity contribution is 0.0681. The zero-order valence-corrected chi connectivity index (χ0v) is 15.5. The number of carbonyl (C=O) groups is 1. The number of carbonyl (C=O) groups excluding carboxylic acids is 1. The van der Waals surface area contributed by atoms with Crippen LogP contribution in [0.5, 0.6) is 0 Å². The Balaban J connectivity index is 0.00000182. The van der Waals surface area contributed by atoms with E-state index in [1.165, 1.54) is 12.8 Å². The largest absolute Gasteiger partial charge is 0.339 e. The molecule has 1 aromatic heterocycles. The first-order chi connectivity index (χ1) is 11.6. The Morgan fingerprint density at radius 3 is 2.60 bits per heavy atom. The van der Waals surface area contributed by atoms with Gasteiger partial charge in [0, 0.05) is 31.4 Å². The van der Waals surface area contributed by atoms with Crippen LogP contribution in [0.15, 0.2) is 36.7 Å². The molecule has 0 saturated carbocycles. The topological polar surface area (TPSA) is 50.2 Å². The van der Waals surface area contributed by atoms with Crippen molar-refractivity contribution in [3.63, 3.8) is 0 Å². The van der Waals surface area contributed by atoms with E-state index in [-0.39, 0.29) is 18.3 Å². The number of aromatic nitrogens is 2. The molecule has 1 N–H and O–H groups in total. The third-order valence-corrected chi connectivity index (χ3v) is 5.51. The van der Waals surface area contributed by atoms with Crippen LogP contribution in [0, 0.1) is 6.92 Å². The molecule has 1 amide bonds. The van der Waals surface area contributed by atoms with Gasteiger partial charge in [-0.15, -0.1) is 12.4 Å². The predicted octanol–water partition coefficient (Wildman–Crippen LogP) is 2.96. The van der Waals surface area contributed by atoms with E-state index in [4.69, 9.17) is 0 Å². The van der Waals surface area contributed by atoms with Gasteiger partial charge in [0.05, 0.1) is 17.4 Å². The van der Waals surface area contributed by atoms with E-state index < -0.39 is 0 Å². The minimum Gasteiger partial charge on any atom is -0.339 e. The van der Waals surface area contributed by atoms with Crippen LogP contribution < -0.4 is 5.32 Å². The fourth-order valence-corrected chi connectivity index (χ4v) is 4.10. The lowest BCUT2D eigenvalue weighted by atomic mass is 9.98. The van der Waals surface area contributed by atoms with Gasteiger partial charge < -0.3 is 10.2 Å². The van der Waals surface area contributed by atoms with Crippen LogP contribution in [0.25, 0.3) is 5.69 Å². The van der Waals surface area contributed by atoms with E-state index in [9.17, 15) is 4.79 Å². The number of amides is 1. The van der Waals surface area contributed by atoms with Crippen molar-refractivity contribution in [3.05, 3.63) is 47.8 Å². The zero-order chi connectivity index (χ0) is 16.7. The number of halogens is 1. The number of fused-ring (bicyclic) bond motifs is 2. The summed E-state index contributed by atoms with van der Waals surface area (Å²) in [6, 6.07) is 9.56. The molecule has 5 nitrogen and oxygen atoms in total. The number of piperidine rings is 1. The summed E-state index contributed by atoms with van der Waals surface area (Å²) >= 11 is 0. The smallest absolute Gasteiger partial charge is 0.257 e. The Morgan fingerprint density at radius 1 is 1.24 bits per heavy atom. The molecule has 2 fully saturated rings. The number of hydrogen-bond donors (Lipinski definition) is 1. The van der Waals surface area contributed by atoms with Crippen molar-refractivity contribution in [2.45, 2.75) is 50.7 Å². The predicted molar refractivity (Wildman–Crippen MR) is 101 cm³/mol. The van der Waals surface area contributed by atoms with Crippen molar-refractivity contribution in [2.24, 2.45) is 0 Å². The summed E-state index contributed by atoms with van der Waals surface area (Å²) in [4.78, 5) is 14.8. The molecule has 1 aromatic carbocycles. The molecule has 2 aromatic rings. The maximum absolute atomic E-state index is 12.9. The summed E-state index contributed by atoms with van der Waals surface area (Å²) in [5.74, 6) is 0.0705. The Labute approximate surface area is 154 Å². The van der Waals surface area contributed by atoms with Gasteiger partial charge in [-0.1, -0.05) is 18.2 Å². The second kappa shape index (κ2) is 7.18. The van der Waals surface area contributed by atoms with Gasteiger partial charge in [0.2, 0.25) is 0 Å². The van der Waals surface area contributed by atoms with E-state index in [0.29, 0.717) is 23.7 Å². The number of para-hydroxylation sites is 1. The molecule has 0 spiro atoms. The molecule has 134 valence electrons. The highest BCUT2D eigenvalue weighted by atomic mass is 35.5. The SMILES string of the molecule is Cc1ccccc1-n1cc(C(=O)N(C)C2CC3CCC(C2)N3)cn1.Cl. The molecule has 2 aliphatic heterocycles. The molecule has 0 aliphatic carbocycles. The molecule has 6 heteroatoms. The summed E-state index contributed by atoms with van der Waals surface area (Å²) < 4.78 is 1.79. The highest BCUT2D eigenvalue weighted by molar-refractivity contribution is 5.93. The molecule has 4 rings (SSSR count). The molecule has 2 unspecified atom stereocenters. The van der Waals surface area contributed by atoms with Gasteiger partial charge >= 0.3 is 0 Å². The van der Waals surface area contributed by atoms with Crippen LogP contribution in [0.3, 0.4) is 0 Å². The number of rotatable bonds is 3. The standard InChI is InChI=1S/C19H24N4O.ClH/c1-13-5-3-4-6-18(13)23-12-14(11-20-23)19(24)22(2)17-9-15-7-8-16(10-17)21-15;/h3-6,11-12,15-17,21H,7-10H2,1-2H3;1H. The van der Waals surface area contributed by atoms with Crippen LogP contribution in [0.1, 0.15) is 41.6 Å². The maximum atomic E-state index is 12.9. The van der Waals surface area contributed by atoms with Crippen LogP contribution in [0.4, 0.5) is 0 Å². The molecule has 25 heavy (non-hydrogen) atoms. The van der Waals surface area contributed by atoms with E-state index in [0.717, 1.165) is 24.1 Å². The van der Waals surface area contributed by atoms with Gasteiger partial charge in [-0.25, -0.2) is 4.68 Å². The third kappa shape index (κ3) is 3.44. The quantitative estimate of drug-likeness (QED) is 0.915. The normalized spacial score (nSPS) is 24.6. The van der Waals surface area contributed by atoms with E-state index in [2.05, 4.69) is 23.4 Å². The van der Waals surface area contributed by atoms with Crippen LogP contribution in [0.2, 0.25) is 0 Å². The zero-order valence-electron chi connectivity index (χ0n) is 14.7. The average Bonchev–Trinajstić information content (AvgIpc) is 3.20. The van der Waals surface area contributed by atoms with Crippen molar-refractivity contribution < 1.29 is 4.79 Å². The Kier molecular flexibility index (Phi) is 5.16. The molecular weight excluding hydrogens is 336 g/mol. The highest BCUT2D eigenvalue weighted by Gasteiger charge is 2.36. The highest BCUT2D eigenvalue weighted by Crippen LogP contribution is 2.29. The second-order valence-corrected chi connectivity index (χ2v) is 7.14. The fourth-order valence-electron chi connectivity index (χ4n) is 4.10. The van der Waals surface area contributed by atoms with E-state index in [1.54, 1.807) is 10.9 Å².